The summed E-state index contributed by atoms with van der Waals surface area (Å²) >= 11 is 0. The zero-order chi connectivity index (χ0) is 22.2. The summed E-state index contributed by atoms with van der Waals surface area (Å²) in [6.45, 7) is 0.487. The molecule has 0 bridgehead atoms. The Bertz CT molecular complexity index is 1330. The number of aryl methyl sites for hydroxylation is 1. The van der Waals surface area contributed by atoms with Crippen molar-refractivity contribution in [3.05, 3.63) is 53.7 Å². The quantitative estimate of drug-likeness (QED) is 0.300. The number of H-pyrrole nitrogens is 1. The van der Waals surface area contributed by atoms with Gasteiger partial charge in [0.15, 0.2) is 17.4 Å². The maximum absolute atomic E-state index is 13.9. The number of hydrogen-bond donors (Lipinski definition) is 5. The summed E-state index contributed by atoms with van der Waals surface area (Å²) in [7, 11) is 1.73. The first-order valence-corrected chi connectivity index (χ1v) is 9.74. The summed E-state index contributed by atoms with van der Waals surface area (Å²) in [6.07, 6.45) is 3.69. The van der Waals surface area contributed by atoms with Crippen LogP contribution in [0.5, 0.6) is 5.75 Å². The van der Waals surface area contributed by atoms with Crippen molar-refractivity contribution in [2.45, 2.75) is 6.42 Å². The molecule has 0 radical (unpaired) electrons. The van der Waals surface area contributed by atoms with Gasteiger partial charge in [-0.2, -0.15) is 0 Å². The van der Waals surface area contributed by atoms with Crippen LogP contribution < -0.4 is 16.0 Å². The van der Waals surface area contributed by atoms with Crippen LogP contribution in [0.1, 0.15) is 16.1 Å². The number of carbonyl (C=O) groups is 1. The first kappa shape index (κ1) is 19.5. The summed E-state index contributed by atoms with van der Waals surface area (Å²) < 4.78 is 15.4. The number of nitrogens with one attached hydrogen (secondary N) is 4. The van der Waals surface area contributed by atoms with E-state index in [1.807, 2.05) is 0 Å². The topological polar surface area (TPSA) is 146 Å². The van der Waals surface area contributed by atoms with Crippen LogP contribution in [0.25, 0.3) is 11.4 Å². The number of nitrogens with zero attached hydrogens (tertiary/aromatic N) is 5. The number of aromatic hydroxyl groups is 1. The standard InChI is InChI=1S/C20H18FN9O2/c1-30-14(9-24-29-30)28-20-23-8-6-12(27-20)16-17(15-11(25-16)5-7-22-19(15)32)26-13-4-2-3-10(21)18(13)31/h2-4,6,8-9,25-26,31H,5,7H2,1H3,(H,22,32)(H,23,27,28). The number of phenols is 1. The summed E-state index contributed by atoms with van der Waals surface area (Å²) in [5, 5.41) is 26.6. The molecule has 1 amide bonds. The van der Waals surface area contributed by atoms with Gasteiger partial charge >= 0.3 is 0 Å². The molecule has 3 aromatic heterocycles. The first-order chi connectivity index (χ1) is 15.5. The highest BCUT2D eigenvalue weighted by Gasteiger charge is 2.28. The summed E-state index contributed by atoms with van der Waals surface area (Å²) in [5.74, 6) is -0.706. The molecule has 1 aliphatic heterocycles. The Labute approximate surface area is 180 Å². The lowest BCUT2D eigenvalue weighted by atomic mass is 10.1. The highest BCUT2D eigenvalue weighted by molar-refractivity contribution is 6.06. The van der Waals surface area contributed by atoms with Crippen molar-refractivity contribution in [1.82, 2.24) is 35.3 Å². The number of carbonyl (C=O) groups excluding carboxylic acids is 1. The van der Waals surface area contributed by atoms with Crippen molar-refractivity contribution in [3.8, 4) is 17.1 Å². The van der Waals surface area contributed by atoms with Gasteiger partial charge in [0.05, 0.1) is 34.5 Å². The fraction of sp³-hybridized carbons (Fsp3) is 0.150. The molecule has 162 valence electrons. The van der Waals surface area contributed by atoms with Crippen molar-refractivity contribution in [1.29, 1.82) is 0 Å². The molecule has 11 nitrogen and oxygen atoms in total. The van der Waals surface area contributed by atoms with Crippen LogP contribution in [0.15, 0.2) is 36.7 Å². The number of phenolic OH excluding ortho intramolecular Hbond substituents is 1. The summed E-state index contributed by atoms with van der Waals surface area (Å²) in [4.78, 5) is 24.7. The Balaban J connectivity index is 1.60. The Morgan fingerprint density at radius 3 is 2.94 bits per heavy atom. The van der Waals surface area contributed by atoms with Gasteiger partial charge < -0.3 is 26.0 Å². The smallest absolute Gasteiger partial charge is 0.255 e. The Hall–Kier alpha value is -4.48. The number of halogens is 1. The molecule has 12 heteroatoms. The number of para-hydroxylation sites is 1. The molecule has 0 atom stereocenters. The molecule has 0 aliphatic carbocycles. The molecule has 4 aromatic rings. The van der Waals surface area contributed by atoms with E-state index in [1.165, 1.54) is 23.0 Å². The number of aromatic nitrogens is 6. The highest BCUT2D eigenvalue weighted by Crippen LogP contribution is 2.38. The van der Waals surface area contributed by atoms with Gasteiger partial charge in [0.25, 0.3) is 5.91 Å². The molecule has 0 fully saturated rings. The van der Waals surface area contributed by atoms with Crippen LogP contribution in [0.2, 0.25) is 0 Å². The average molecular weight is 435 g/mol. The molecule has 1 aliphatic rings. The zero-order valence-corrected chi connectivity index (χ0v) is 16.8. The minimum atomic E-state index is -0.774. The van der Waals surface area contributed by atoms with Crippen LogP contribution in [-0.2, 0) is 13.5 Å². The van der Waals surface area contributed by atoms with Crippen molar-refractivity contribution in [2.24, 2.45) is 7.05 Å². The number of anilines is 4. The number of fused-ring (bicyclic) bond motifs is 1. The Morgan fingerprint density at radius 2 is 2.12 bits per heavy atom. The maximum atomic E-state index is 13.9. The second-order valence-electron chi connectivity index (χ2n) is 7.13. The molecular weight excluding hydrogens is 417 g/mol. The summed E-state index contributed by atoms with van der Waals surface area (Å²) in [5.41, 5.74) is 2.59. The number of hydrogen-bond acceptors (Lipinski definition) is 8. The van der Waals surface area contributed by atoms with Gasteiger partial charge in [0.1, 0.15) is 0 Å². The van der Waals surface area contributed by atoms with Gasteiger partial charge in [-0.1, -0.05) is 11.3 Å². The fourth-order valence-electron chi connectivity index (χ4n) is 3.52. The minimum absolute atomic E-state index is 0.125. The number of rotatable bonds is 5. The van der Waals surface area contributed by atoms with E-state index >= 15 is 0 Å². The van der Waals surface area contributed by atoms with Gasteiger partial charge in [0, 0.05) is 31.9 Å². The number of amides is 1. The molecule has 32 heavy (non-hydrogen) atoms. The SMILES string of the molecule is Cn1nncc1Nc1nccc(-c2[nH]c3c(c2Nc2cccc(F)c2O)C(=O)NCC3)n1. The normalized spacial score (nSPS) is 12.9. The Kier molecular flexibility index (Phi) is 4.66. The van der Waals surface area contributed by atoms with E-state index in [-0.39, 0.29) is 11.6 Å². The van der Waals surface area contributed by atoms with Crippen molar-refractivity contribution < 1.29 is 14.3 Å². The van der Waals surface area contributed by atoms with E-state index in [1.54, 1.807) is 19.3 Å². The van der Waals surface area contributed by atoms with Gasteiger partial charge in [0.2, 0.25) is 5.95 Å². The lowest BCUT2D eigenvalue weighted by Gasteiger charge is -2.15. The van der Waals surface area contributed by atoms with E-state index in [0.717, 1.165) is 6.07 Å². The number of aromatic amines is 1. The largest absolute Gasteiger partial charge is 0.503 e. The Morgan fingerprint density at radius 1 is 1.25 bits per heavy atom. The monoisotopic (exact) mass is 435 g/mol. The fourth-order valence-corrected chi connectivity index (χ4v) is 3.52. The van der Waals surface area contributed by atoms with E-state index in [4.69, 9.17) is 0 Å². The molecule has 0 saturated heterocycles. The lowest BCUT2D eigenvalue weighted by molar-refractivity contribution is 0.0947. The van der Waals surface area contributed by atoms with E-state index in [9.17, 15) is 14.3 Å². The summed E-state index contributed by atoms with van der Waals surface area (Å²) in [6, 6.07) is 5.81. The first-order valence-electron chi connectivity index (χ1n) is 9.74. The molecule has 4 heterocycles. The molecular formula is C20H18FN9O2. The second kappa shape index (κ2) is 7.65. The lowest BCUT2D eigenvalue weighted by Crippen LogP contribution is -2.31. The highest BCUT2D eigenvalue weighted by atomic mass is 19.1. The third-order valence-electron chi connectivity index (χ3n) is 5.08. The van der Waals surface area contributed by atoms with E-state index < -0.39 is 11.6 Å². The third kappa shape index (κ3) is 3.37. The third-order valence-corrected chi connectivity index (χ3v) is 5.08. The molecule has 5 N–H and O–H groups in total. The molecule has 0 unspecified atom stereocenters. The van der Waals surface area contributed by atoms with Crippen molar-refractivity contribution in [2.75, 3.05) is 17.2 Å². The van der Waals surface area contributed by atoms with Gasteiger partial charge in [-0.15, -0.1) is 5.10 Å². The predicted octanol–water partition coefficient (Wildman–Crippen LogP) is 2.22. The van der Waals surface area contributed by atoms with Crippen molar-refractivity contribution in [3.63, 3.8) is 0 Å². The van der Waals surface area contributed by atoms with Gasteiger partial charge in [-0.3, -0.25) is 4.79 Å². The predicted molar refractivity (Wildman–Crippen MR) is 113 cm³/mol. The van der Waals surface area contributed by atoms with Gasteiger partial charge in [-0.05, 0) is 18.2 Å². The van der Waals surface area contributed by atoms with Crippen LogP contribution in [0.4, 0.5) is 27.5 Å². The molecule has 0 saturated carbocycles. The van der Waals surface area contributed by atoms with Crippen LogP contribution in [0.3, 0.4) is 0 Å². The minimum Gasteiger partial charge on any atom is -0.503 e. The average Bonchev–Trinajstić information content (AvgIpc) is 3.36. The van der Waals surface area contributed by atoms with Crippen LogP contribution >= 0.6 is 0 Å². The zero-order valence-electron chi connectivity index (χ0n) is 16.8. The van der Waals surface area contributed by atoms with E-state index in [2.05, 4.69) is 41.2 Å². The molecule has 0 spiro atoms. The van der Waals surface area contributed by atoms with Crippen LogP contribution in [0, 0.1) is 5.82 Å². The molecule has 1 aromatic carbocycles. The van der Waals surface area contributed by atoms with Crippen molar-refractivity contribution >= 4 is 29.0 Å². The molecule has 5 rings (SSSR count). The van der Waals surface area contributed by atoms with Crippen LogP contribution in [-0.4, -0.2) is 47.5 Å². The second-order valence-corrected chi connectivity index (χ2v) is 7.13. The maximum Gasteiger partial charge on any atom is 0.255 e. The van der Waals surface area contributed by atoms with E-state index in [0.29, 0.717) is 53.1 Å². The van der Waals surface area contributed by atoms with Gasteiger partial charge in [-0.25, -0.2) is 19.0 Å². The number of benzene rings is 1.